The summed E-state index contributed by atoms with van der Waals surface area (Å²) in [6.45, 7) is 6.01. The molecule has 0 unspecified atom stereocenters. The second kappa shape index (κ2) is 8.19. The summed E-state index contributed by atoms with van der Waals surface area (Å²) >= 11 is 1.79. The smallest absolute Gasteiger partial charge is 0.191 e. The van der Waals surface area contributed by atoms with Gasteiger partial charge >= 0.3 is 0 Å². The average Bonchev–Trinajstić information content (AvgIpc) is 3.36. The van der Waals surface area contributed by atoms with Crippen LogP contribution in [0.15, 0.2) is 65.2 Å². The van der Waals surface area contributed by atoms with Crippen LogP contribution < -0.4 is 10.6 Å². The Bertz CT molecular complexity index is 835. The molecule has 0 aliphatic heterocycles. The van der Waals surface area contributed by atoms with Crippen LogP contribution in [0.2, 0.25) is 0 Å². The average molecular weight is 368 g/mol. The first kappa shape index (κ1) is 18.2. The van der Waals surface area contributed by atoms with Gasteiger partial charge in [0.1, 0.15) is 0 Å². The van der Waals surface area contributed by atoms with E-state index in [1.54, 1.807) is 24.6 Å². The van der Waals surface area contributed by atoms with E-state index in [1.807, 2.05) is 29.1 Å². The Morgan fingerprint density at radius 1 is 1.19 bits per heavy atom. The van der Waals surface area contributed by atoms with Crippen molar-refractivity contribution < 1.29 is 0 Å². The highest BCUT2D eigenvalue weighted by atomic mass is 32.1. The topological polar surface area (TPSA) is 54.2 Å². The number of nitrogens with one attached hydrogen (secondary N) is 2. The molecule has 0 spiro atoms. The third kappa shape index (κ3) is 4.52. The Labute approximate surface area is 158 Å². The molecule has 0 fully saturated rings. The first-order valence-corrected chi connectivity index (χ1v) is 9.54. The van der Waals surface area contributed by atoms with Crippen molar-refractivity contribution in [3.05, 3.63) is 70.7 Å². The Kier molecular flexibility index (Phi) is 5.73. The van der Waals surface area contributed by atoms with Crippen LogP contribution in [0, 0.1) is 0 Å². The quantitative estimate of drug-likeness (QED) is 0.517. The van der Waals surface area contributed by atoms with Gasteiger partial charge < -0.3 is 10.6 Å². The van der Waals surface area contributed by atoms with E-state index in [1.165, 1.54) is 10.4 Å². The molecule has 2 aromatic heterocycles. The van der Waals surface area contributed by atoms with Gasteiger partial charge in [-0.3, -0.25) is 4.99 Å². The van der Waals surface area contributed by atoms with Gasteiger partial charge in [-0.15, -0.1) is 11.3 Å². The molecule has 2 N–H and O–H groups in total. The fourth-order valence-electron chi connectivity index (χ4n) is 2.69. The minimum atomic E-state index is 0.0613. The van der Waals surface area contributed by atoms with Gasteiger partial charge in [0.05, 0.1) is 5.69 Å². The minimum Gasteiger partial charge on any atom is -0.356 e. The van der Waals surface area contributed by atoms with Gasteiger partial charge in [0.2, 0.25) is 0 Å². The second-order valence-electron chi connectivity index (χ2n) is 6.76. The molecular weight excluding hydrogens is 342 g/mol. The number of thiophene rings is 1. The van der Waals surface area contributed by atoms with E-state index in [0.29, 0.717) is 6.54 Å². The maximum atomic E-state index is 4.34. The Morgan fingerprint density at radius 2 is 2.08 bits per heavy atom. The molecule has 1 aromatic carbocycles. The molecule has 0 saturated carbocycles. The summed E-state index contributed by atoms with van der Waals surface area (Å²) in [6.07, 6.45) is 3.73. The number of aliphatic imine (C=N–C) groups is 1. The van der Waals surface area contributed by atoms with Crippen molar-refractivity contribution in [1.82, 2.24) is 20.4 Å². The molecule has 0 aliphatic rings. The predicted octanol–water partition coefficient (Wildman–Crippen LogP) is 3.58. The summed E-state index contributed by atoms with van der Waals surface area (Å²) in [5.41, 5.74) is 2.29. The Morgan fingerprint density at radius 3 is 2.77 bits per heavy atom. The van der Waals surface area contributed by atoms with Crippen LogP contribution in [-0.4, -0.2) is 29.3 Å². The standard InChI is InChI=1S/C20H25N5S/c1-20(2,18-9-5-12-26-18)15-23-19(21-3)22-14-16-7-4-8-17(13-16)25-11-6-10-24-25/h4-13H,14-15H2,1-3H3,(H2,21,22,23). The van der Waals surface area contributed by atoms with Crippen molar-refractivity contribution in [3.63, 3.8) is 0 Å². The fraction of sp³-hybridized carbons (Fsp3) is 0.300. The summed E-state index contributed by atoms with van der Waals surface area (Å²) in [4.78, 5) is 5.71. The molecule has 5 nitrogen and oxygen atoms in total. The largest absolute Gasteiger partial charge is 0.356 e. The number of hydrogen-bond donors (Lipinski definition) is 2. The molecular formula is C20H25N5S. The summed E-state index contributed by atoms with van der Waals surface area (Å²) in [5.74, 6) is 0.805. The van der Waals surface area contributed by atoms with Gasteiger partial charge in [-0.05, 0) is 35.2 Å². The first-order valence-electron chi connectivity index (χ1n) is 8.66. The van der Waals surface area contributed by atoms with E-state index in [9.17, 15) is 0 Å². The molecule has 0 saturated heterocycles. The van der Waals surface area contributed by atoms with Crippen molar-refractivity contribution in [1.29, 1.82) is 0 Å². The molecule has 0 atom stereocenters. The van der Waals surface area contributed by atoms with Crippen LogP contribution in [0.25, 0.3) is 5.69 Å². The maximum Gasteiger partial charge on any atom is 0.191 e. The van der Waals surface area contributed by atoms with Crippen LogP contribution in [0.1, 0.15) is 24.3 Å². The lowest BCUT2D eigenvalue weighted by Crippen LogP contribution is -2.42. The van der Waals surface area contributed by atoms with Gasteiger partial charge in [0, 0.05) is 42.8 Å². The molecule has 0 aliphatic carbocycles. The third-order valence-corrected chi connectivity index (χ3v) is 5.48. The van der Waals surface area contributed by atoms with Crippen molar-refractivity contribution in [2.75, 3.05) is 13.6 Å². The summed E-state index contributed by atoms with van der Waals surface area (Å²) in [6, 6.07) is 14.5. The van der Waals surface area contributed by atoms with Crippen molar-refractivity contribution >= 4 is 17.3 Å². The van der Waals surface area contributed by atoms with Gasteiger partial charge in [-0.1, -0.05) is 32.0 Å². The van der Waals surface area contributed by atoms with Gasteiger partial charge in [-0.25, -0.2) is 4.68 Å². The molecule has 2 heterocycles. The van der Waals surface area contributed by atoms with Gasteiger partial charge in [0.25, 0.3) is 0 Å². The lowest BCUT2D eigenvalue weighted by atomic mass is 9.91. The highest BCUT2D eigenvalue weighted by molar-refractivity contribution is 7.10. The van der Waals surface area contributed by atoms with Crippen LogP contribution in [0.3, 0.4) is 0 Å². The van der Waals surface area contributed by atoms with Crippen molar-refractivity contribution in [2.45, 2.75) is 25.8 Å². The lowest BCUT2D eigenvalue weighted by Gasteiger charge is -2.25. The SMILES string of the molecule is CN=C(NCc1cccc(-n2cccn2)c1)NCC(C)(C)c1cccs1. The third-order valence-electron chi connectivity index (χ3n) is 4.25. The lowest BCUT2D eigenvalue weighted by molar-refractivity contribution is 0.518. The highest BCUT2D eigenvalue weighted by Crippen LogP contribution is 2.26. The van der Waals surface area contributed by atoms with E-state index < -0.39 is 0 Å². The number of nitrogens with zero attached hydrogens (tertiary/aromatic N) is 3. The Balaban J connectivity index is 1.57. The number of rotatable bonds is 6. The molecule has 0 bridgehead atoms. The molecule has 26 heavy (non-hydrogen) atoms. The van der Waals surface area contributed by atoms with Crippen LogP contribution >= 0.6 is 11.3 Å². The normalized spacial score (nSPS) is 12.2. The van der Waals surface area contributed by atoms with Crippen LogP contribution in [0.4, 0.5) is 0 Å². The summed E-state index contributed by atoms with van der Waals surface area (Å²) in [5, 5.41) is 13.2. The zero-order valence-electron chi connectivity index (χ0n) is 15.4. The number of guanidine groups is 1. The van der Waals surface area contributed by atoms with Gasteiger partial charge in [-0.2, -0.15) is 5.10 Å². The molecule has 136 valence electrons. The molecule has 3 aromatic rings. The van der Waals surface area contributed by atoms with E-state index in [4.69, 9.17) is 0 Å². The molecule has 6 heteroatoms. The zero-order valence-corrected chi connectivity index (χ0v) is 16.3. The molecule has 3 rings (SSSR count). The first-order chi connectivity index (χ1) is 12.6. The predicted molar refractivity (Wildman–Crippen MR) is 109 cm³/mol. The zero-order chi connectivity index (χ0) is 18.4. The maximum absolute atomic E-state index is 4.34. The minimum absolute atomic E-state index is 0.0613. The molecule has 0 amide bonds. The van der Waals surface area contributed by atoms with E-state index in [2.05, 4.69) is 64.2 Å². The van der Waals surface area contributed by atoms with Crippen LogP contribution in [0.5, 0.6) is 0 Å². The Hall–Kier alpha value is -2.60. The van der Waals surface area contributed by atoms with E-state index in [0.717, 1.165) is 18.2 Å². The molecule has 0 radical (unpaired) electrons. The second-order valence-corrected chi connectivity index (χ2v) is 7.71. The van der Waals surface area contributed by atoms with E-state index in [-0.39, 0.29) is 5.41 Å². The fourth-order valence-corrected chi connectivity index (χ4v) is 3.54. The summed E-state index contributed by atoms with van der Waals surface area (Å²) in [7, 11) is 1.80. The number of hydrogen-bond acceptors (Lipinski definition) is 3. The number of benzene rings is 1. The van der Waals surface area contributed by atoms with Crippen LogP contribution in [-0.2, 0) is 12.0 Å². The highest BCUT2D eigenvalue weighted by Gasteiger charge is 2.21. The van der Waals surface area contributed by atoms with Crippen molar-refractivity contribution in [2.24, 2.45) is 4.99 Å². The van der Waals surface area contributed by atoms with Gasteiger partial charge in [0.15, 0.2) is 5.96 Å². The number of aromatic nitrogens is 2. The van der Waals surface area contributed by atoms with E-state index >= 15 is 0 Å². The van der Waals surface area contributed by atoms with Crippen molar-refractivity contribution in [3.8, 4) is 5.69 Å². The summed E-state index contributed by atoms with van der Waals surface area (Å²) < 4.78 is 1.86. The monoisotopic (exact) mass is 367 g/mol.